The Morgan fingerprint density at radius 2 is 1.66 bits per heavy atom. The molecule has 15 nitrogen and oxygen atoms in total. The molecule has 0 bridgehead atoms. The fourth-order valence-corrected chi connectivity index (χ4v) is 9.08. The van der Waals surface area contributed by atoms with E-state index in [0.29, 0.717) is 50.3 Å². The molecule has 0 unspecified atom stereocenters. The Labute approximate surface area is 372 Å². The number of amides is 2. The first-order valence-corrected chi connectivity index (χ1v) is 21.9. The molecular formula is C44H47Cl2N9O6S. The summed E-state index contributed by atoms with van der Waals surface area (Å²) >= 11 is 14.5. The normalized spacial score (nSPS) is 17.1. The average molecular weight is 901 g/mol. The van der Waals surface area contributed by atoms with Crippen molar-refractivity contribution < 1.29 is 28.9 Å². The molecule has 2 aliphatic rings. The highest BCUT2D eigenvalue weighted by atomic mass is 35.5. The van der Waals surface area contributed by atoms with Gasteiger partial charge in [0.25, 0.3) is 6.01 Å². The summed E-state index contributed by atoms with van der Waals surface area (Å²) in [5.41, 5.74) is 5.55. The number of aromatic nitrogens is 6. The minimum absolute atomic E-state index is 0.0140. The molecule has 0 radical (unpaired) electrons. The molecule has 2 amide bonds. The van der Waals surface area contributed by atoms with E-state index in [2.05, 4.69) is 49.6 Å². The number of fused-ring (bicyclic) bond motifs is 4. The number of ether oxygens (including phenoxy) is 3. The molecule has 5 heterocycles. The second-order valence-corrected chi connectivity index (χ2v) is 18.1. The van der Waals surface area contributed by atoms with Crippen LogP contribution in [0, 0.1) is 26.7 Å². The number of halogens is 2. The van der Waals surface area contributed by atoms with E-state index in [9.17, 15) is 14.7 Å². The lowest BCUT2D eigenvalue weighted by Crippen LogP contribution is -2.45. The van der Waals surface area contributed by atoms with E-state index in [1.807, 2.05) is 61.7 Å². The summed E-state index contributed by atoms with van der Waals surface area (Å²) in [4.78, 5) is 44.3. The van der Waals surface area contributed by atoms with Crippen LogP contribution in [-0.4, -0.2) is 97.0 Å². The van der Waals surface area contributed by atoms with Crippen molar-refractivity contribution in [2.24, 2.45) is 10.9 Å². The molecule has 2 aromatic carbocycles. The molecule has 1 aliphatic heterocycles. The van der Waals surface area contributed by atoms with Gasteiger partial charge in [-0.1, -0.05) is 35.3 Å². The molecule has 6 aromatic rings. The number of benzene rings is 2. The molecule has 4 aromatic heterocycles. The lowest BCUT2D eigenvalue weighted by Gasteiger charge is -2.41. The Morgan fingerprint density at radius 1 is 0.952 bits per heavy atom. The maximum Gasteiger partial charge on any atom is 0.296 e. The van der Waals surface area contributed by atoms with Gasteiger partial charge in [0, 0.05) is 33.1 Å². The smallest absolute Gasteiger partial charge is 0.296 e. The van der Waals surface area contributed by atoms with Gasteiger partial charge in [0.1, 0.15) is 41.9 Å². The van der Waals surface area contributed by atoms with Crippen molar-refractivity contribution in [3.8, 4) is 28.0 Å². The number of H-pyrrole nitrogens is 1. The molecule has 1 saturated carbocycles. The minimum Gasteiger partial charge on any atom is -0.492 e. The summed E-state index contributed by atoms with van der Waals surface area (Å²) in [6.45, 7) is 10.4. The number of aryl methyl sites for hydroxylation is 2. The summed E-state index contributed by atoms with van der Waals surface area (Å²) in [5, 5.41) is 26.7. The van der Waals surface area contributed by atoms with Crippen molar-refractivity contribution in [3.63, 3.8) is 0 Å². The summed E-state index contributed by atoms with van der Waals surface area (Å²) in [5.74, 6) is 1.57. The topological polar surface area (TPSA) is 191 Å². The van der Waals surface area contributed by atoms with Gasteiger partial charge in [-0.05, 0) is 101 Å². The number of carbonyl (C=O) groups excluding carboxylic acids is 2. The van der Waals surface area contributed by atoms with Gasteiger partial charge in [-0.3, -0.25) is 19.1 Å². The van der Waals surface area contributed by atoms with Crippen molar-refractivity contribution in [1.82, 2.24) is 40.3 Å². The Kier molecular flexibility index (Phi) is 12.7. The van der Waals surface area contributed by atoms with Crippen molar-refractivity contribution in [2.75, 3.05) is 32.9 Å². The van der Waals surface area contributed by atoms with E-state index in [-0.39, 0.29) is 63.2 Å². The number of aliphatic hydroxyl groups is 1. The molecule has 18 heteroatoms. The van der Waals surface area contributed by atoms with E-state index < -0.39 is 11.6 Å². The van der Waals surface area contributed by atoms with Crippen molar-refractivity contribution in [1.29, 1.82) is 0 Å². The SMILES string of the molecule is Cc1sc2c(c1C)C(c1ccc(Cl)cc1)=N[C@@H](CC(=O)NCCOCC(=O)NCCOc1ccc(-c3nc4nc(OC5CC(C(C)(C)O)C5)[nH]c4cc3Cl)cc1)c1nnc(C)n1-2. The molecule has 0 spiro atoms. The predicted octanol–water partition coefficient (Wildman–Crippen LogP) is 7.04. The highest BCUT2D eigenvalue weighted by Gasteiger charge is 2.40. The number of imidazole rings is 1. The highest BCUT2D eigenvalue weighted by Crippen LogP contribution is 2.41. The van der Waals surface area contributed by atoms with Gasteiger partial charge in [0.05, 0.1) is 47.1 Å². The number of aromatic amines is 1. The quantitative estimate of drug-likeness (QED) is 0.0734. The monoisotopic (exact) mass is 899 g/mol. The van der Waals surface area contributed by atoms with Crippen LogP contribution in [0.4, 0.5) is 0 Å². The number of aliphatic imine (C=N–C) groups is 1. The van der Waals surface area contributed by atoms with Crippen LogP contribution in [0.3, 0.4) is 0 Å². The Morgan fingerprint density at radius 3 is 2.40 bits per heavy atom. The number of rotatable bonds is 16. The van der Waals surface area contributed by atoms with Crippen LogP contribution in [-0.2, 0) is 14.3 Å². The molecule has 1 aliphatic carbocycles. The first-order chi connectivity index (χ1) is 29.7. The number of carbonyl (C=O) groups is 2. The largest absolute Gasteiger partial charge is 0.492 e. The van der Waals surface area contributed by atoms with Gasteiger partial charge < -0.3 is 34.9 Å². The summed E-state index contributed by atoms with van der Waals surface area (Å²) < 4.78 is 19.3. The summed E-state index contributed by atoms with van der Waals surface area (Å²) in [6, 6.07) is 16.4. The lowest BCUT2D eigenvalue weighted by atomic mass is 9.72. The molecule has 0 saturated heterocycles. The van der Waals surface area contributed by atoms with Crippen molar-refractivity contribution in [3.05, 3.63) is 97.9 Å². The van der Waals surface area contributed by atoms with E-state index in [4.69, 9.17) is 42.4 Å². The number of pyridine rings is 1. The average Bonchev–Trinajstić information content (AvgIpc) is 3.86. The standard InChI is InChI=1S/C44H47Cl2N9O6S/c1-23-24(2)62-42-37(23)39(27-6-10-29(45)11-7-27)49-34(41-54-53-25(3)55(41)42)21-35(56)47-14-16-59-22-36(57)48-15-17-60-30-12-8-26(9-13-30)38-32(46)20-33-40(51-38)52-43(50-33)61-31-18-28(19-31)44(4,5)58/h6-13,20,28,31,34,58H,14-19,21-22H2,1-5H3,(H,47,56)(H,48,57)(H,50,51,52)/t28?,31?,34-/m0/s1. The van der Waals surface area contributed by atoms with Gasteiger partial charge in [-0.2, -0.15) is 4.98 Å². The van der Waals surface area contributed by atoms with E-state index in [1.54, 1.807) is 29.5 Å². The Balaban J connectivity index is 0.765. The Bertz CT molecular complexity index is 2630. The van der Waals surface area contributed by atoms with Crippen LogP contribution in [0.5, 0.6) is 11.8 Å². The molecule has 62 heavy (non-hydrogen) atoms. The third kappa shape index (κ3) is 9.49. The highest BCUT2D eigenvalue weighted by molar-refractivity contribution is 7.15. The molecule has 8 rings (SSSR count). The maximum absolute atomic E-state index is 13.2. The summed E-state index contributed by atoms with van der Waals surface area (Å²) in [7, 11) is 0. The number of thiophene rings is 1. The molecule has 1 fully saturated rings. The van der Waals surface area contributed by atoms with Crippen LogP contribution in [0.1, 0.15) is 72.4 Å². The molecular weight excluding hydrogens is 854 g/mol. The van der Waals surface area contributed by atoms with Crippen LogP contribution in [0.2, 0.25) is 10.0 Å². The van der Waals surface area contributed by atoms with Crippen molar-refractivity contribution in [2.45, 2.75) is 71.6 Å². The third-order valence-corrected chi connectivity index (χ3v) is 12.9. The second kappa shape index (κ2) is 18.1. The van der Waals surface area contributed by atoms with Crippen molar-refractivity contribution >= 4 is 63.2 Å². The Hall–Kier alpha value is -5.39. The van der Waals surface area contributed by atoms with Gasteiger partial charge in [-0.15, -0.1) is 21.5 Å². The van der Waals surface area contributed by atoms with E-state index >= 15 is 0 Å². The van der Waals surface area contributed by atoms with Crippen LogP contribution >= 0.6 is 34.5 Å². The minimum atomic E-state index is -0.727. The van der Waals surface area contributed by atoms with Crippen LogP contribution in [0.25, 0.3) is 27.4 Å². The first-order valence-electron chi connectivity index (χ1n) is 20.4. The molecule has 4 N–H and O–H groups in total. The van der Waals surface area contributed by atoms with Gasteiger partial charge in [-0.25, -0.2) is 4.98 Å². The zero-order valence-corrected chi connectivity index (χ0v) is 37.2. The van der Waals surface area contributed by atoms with E-state index in [1.165, 1.54) is 0 Å². The number of nitrogens with one attached hydrogen (secondary N) is 3. The van der Waals surface area contributed by atoms with Gasteiger partial charge in [0.2, 0.25) is 11.8 Å². The van der Waals surface area contributed by atoms with E-state index in [0.717, 1.165) is 50.7 Å². The molecule has 324 valence electrons. The molecule has 1 atom stereocenters. The fourth-order valence-electron chi connectivity index (χ4n) is 7.48. The maximum atomic E-state index is 13.2. The van der Waals surface area contributed by atoms with Crippen LogP contribution < -0.4 is 20.1 Å². The fraction of sp³-hybridized carbons (Fsp3) is 0.386. The first kappa shape index (κ1) is 43.3. The zero-order valence-electron chi connectivity index (χ0n) is 34.9. The van der Waals surface area contributed by atoms with Gasteiger partial charge >= 0.3 is 0 Å². The number of nitrogens with zero attached hydrogens (tertiary/aromatic N) is 6. The second-order valence-electron chi connectivity index (χ2n) is 16.0. The van der Waals surface area contributed by atoms with Crippen LogP contribution in [0.15, 0.2) is 59.6 Å². The zero-order chi connectivity index (χ0) is 43.7. The van der Waals surface area contributed by atoms with Gasteiger partial charge in [0.15, 0.2) is 11.5 Å². The lowest BCUT2D eigenvalue weighted by molar-refractivity contribution is -0.125. The number of hydrogen-bond acceptors (Lipinski definition) is 12. The number of hydrogen-bond donors (Lipinski definition) is 4. The predicted molar refractivity (Wildman–Crippen MR) is 238 cm³/mol. The third-order valence-electron chi connectivity index (χ3n) is 11.1. The summed E-state index contributed by atoms with van der Waals surface area (Å²) in [6.07, 6.45) is 1.55.